The lowest BCUT2D eigenvalue weighted by atomic mass is 9.92. The number of hydrogen-bond donors (Lipinski definition) is 2. The van der Waals surface area contributed by atoms with E-state index in [1.165, 1.54) is 16.7 Å². The first-order chi connectivity index (χ1) is 8.73. The number of rotatable bonds is 4. The smallest absolute Gasteiger partial charge is 0.0289 e. The highest BCUT2D eigenvalue weighted by atomic mass is 15.2. The van der Waals surface area contributed by atoms with Crippen LogP contribution in [0.25, 0.3) is 0 Å². The van der Waals surface area contributed by atoms with Gasteiger partial charge in [0.1, 0.15) is 0 Å². The van der Waals surface area contributed by atoms with Crippen molar-refractivity contribution in [3.63, 3.8) is 0 Å². The monoisotopic (exact) mass is 260 g/mol. The van der Waals surface area contributed by atoms with E-state index in [9.17, 15) is 0 Å². The summed E-state index contributed by atoms with van der Waals surface area (Å²) in [4.78, 5) is 0. The molecule has 1 unspecified atom stereocenters. The van der Waals surface area contributed by atoms with Crippen LogP contribution in [0, 0.1) is 30.6 Å². The van der Waals surface area contributed by atoms with Crippen LogP contribution in [0.1, 0.15) is 44.4 Å². The fourth-order valence-corrected chi connectivity index (χ4v) is 3.92. The van der Waals surface area contributed by atoms with E-state index < -0.39 is 0 Å². The van der Waals surface area contributed by atoms with Crippen LogP contribution in [-0.4, -0.2) is 6.04 Å². The van der Waals surface area contributed by atoms with Crippen molar-refractivity contribution >= 4 is 0 Å². The second-order valence-corrected chi connectivity index (χ2v) is 7.27. The molecular weight excluding hydrogens is 232 g/mol. The molecule has 1 aromatic carbocycles. The van der Waals surface area contributed by atoms with Crippen LogP contribution >= 0.6 is 0 Å². The highest BCUT2D eigenvalue weighted by Gasteiger charge is 2.66. The van der Waals surface area contributed by atoms with Gasteiger partial charge >= 0.3 is 0 Å². The number of hydrogen-bond acceptors (Lipinski definition) is 2. The minimum absolute atomic E-state index is 0.352. The summed E-state index contributed by atoms with van der Waals surface area (Å²) in [7, 11) is 0. The fourth-order valence-electron chi connectivity index (χ4n) is 3.92. The molecule has 19 heavy (non-hydrogen) atoms. The molecular formula is C17H28N2. The maximum absolute atomic E-state index is 5.85. The van der Waals surface area contributed by atoms with Gasteiger partial charge in [0.15, 0.2) is 0 Å². The zero-order chi connectivity index (χ0) is 14.4. The first kappa shape index (κ1) is 14.5. The number of nitrogens with one attached hydrogen (secondary N) is 1. The van der Waals surface area contributed by atoms with E-state index in [4.69, 9.17) is 5.84 Å². The van der Waals surface area contributed by atoms with Gasteiger partial charge in [0.05, 0.1) is 0 Å². The van der Waals surface area contributed by atoms with Gasteiger partial charge in [-0.05, 0) is 53.7 Å². The molecule has 2 rings (SSSR count). The minimum Gasteiger partial charge on any atom is -0.271 e. The van der Waals surface area contributed by atoms with Crippen molar-refractivity contribution in [2.45, 2.75) is 54.0 Å². The van der Waals surface area contributed by atoms with Crippen molar-refractivity contribution in [1.29, 1.82) is 0 Å². The van der Waals surface area contributed by atoms with Crippen LogP contribution in [0.2, 0.25) is 0 Å². The normalized spacial score (nSPS) is 22.3. The van der Waals surface area contributed by atoms with Gasteiger partial charge in [0, 0.05) is 6.04 Å². The standard InChI is InChI=1S/C17H28N2/c1-11-8-7-9-12(2)13(11)10-14(19-18)15-16(3,4)17(15,5)6/h7-9,14-15,19H,10,18H2,1-6H3. The van der Waals surface area contributed by atoms with Gasteiger partial charge in [-0.25, -0.2) is 0 Å². The van der Waals surface area contributed by atoms with Crippen LogP contribution in [0.4, 0.5) is 0 Å². The van der Waals surface area contributed by atoms with Crippen molar-refractivity contribution in [2.24, 2.45) is 22.6 Å². The van der Waals surface area contributed by atoms with E-state index >= 15 is 0 Å². The minimum atomic E-state index is 0.352. The lowest BCUT2D eigenvalue weighted by Gasteiger charge is -2.21. The van der Waals surface area contributed by atoms with E-state index in [0.29, 0.717) is 22.8 Å². The molecule has 2 heteroatoms. The van der Waals surface area contributed by atoms with Gasteiger partial charge in [-0.3, -0.25) is 11.3 Å². The van der Waals surface area contributed by atoms with Crippen LogP contribution in [0.15, 0.2) is 18.2 Å². The molecule has 1 saturated carbocycles. The molecule has 3 N–H and O–H groups in total. The Hall–Kier alpha value is -0.860. The Kier molecular flexibility index (Phi) is 3.53. The molecule has 1 aliphatic carbocycles. The largest absolute Gasteiger partial charge is 0.271 e. The van der Waals surface area contributed by atoms with Crippen LogP contribution in [-0.2, 0) is 6.42 Å². The van der Waals surface area contributed by atoms with Gasteiger partial charge in [0.2, 0.25) is 0 Å². The summed E-state index contributed by atoms with van der Waals surface area (Å²) in [5, 5.41) is 0. The fraction of sp³-hybridized carbons (Fsp3) is 0.647. The van der Waals surface area contributed by atoms with Crippen molar-refractivity contribution in [3.05, 3.63) is 34.9 Å². The van der Waals surface area contributed by atoms with E-state index in [0.717, 1.165) is 6.42 Å². The second-order valence-electron chi connectivity index (χ2n) is 7.27. The Labute approximate surface area is 117 Å². The van der Waals surface area contributed by atoms with Crippen LogP contribution in [0.3, 0.4) is 0 Å². The van der Waals surface area contributed by atoms with Crippen molar-refractivity contribution < 1.29 is 0 Å². The number of benzene rings is 1. The maximum Gasteiger partial charge on any atom is 0.0289 e. The van der Waals surface area contributed by atoms with Gasteiger partial charge < -0.3 is 0 Å². The molecule has 1 aliphatic rings. The average Bonchev–Trinajstić information content (AvgIpc) is 2.71. The molecule has 1 atom stereocenters. The Morgan fingerprint density at radius 2 is 1.58 bits per heavy atom. The third kappa shape index (κ3) is 2.21. The lowest BCUT2D eigenvalue weighted by molar-refractivity contribution is 0.401. The molecule has 0 amide bonds. The third-order valence-corrected chi connectivity index (χ3v) is 5.82. The van der Waals surface area contributed by atoms with Crippen LogP contribution in [0.5, 0.6) is 0 Å². The van der Waals surface area contributed by atoms with Crippen molar-refractivity contribution in [3.8, 4) is 0 Å². The van der Waals surface area contributed by atoms with Crippen molar-refractivity contribution in [1.82, 2.24) is 5.43 Å². The Morgan fingerprint density at radius 1 is 1.11 bits per heavy atom. The van der Waals surface area contributed by atoms with Crippen LogP contribution < -0.4 is 11.3 Å². The summed E-state index contributed by atoms with van der Waals surface area (Å²) in [5.74, 6) is 6.48. The molecule has 0 aliphatic heterocycles. The zero-order valence-corrected chi connectivity index (χ0v) is 13.2. The number of hydrazine groups is 1. The first-order valence-corrected chi connectivity index (χ1v) is 7.24. The summed E-state index contributed by atoms with van der Waals surface area (Å²) in [6.07, 6.45) is 1.02. The Bertz CT molecular complexity index is 440. The maximum atomic E-state index is 5.85. The molecule has 106 valence electrons. The first-order valence-electron chi connectivity index (χ1n) is 7.24. The topological polar surface area (TPSA) is 38.0 Å². The molecule has 1 fully saturated rings. The lowest BCUT2D eigenvalue weighted by Crippen LogP contribution is -2.40. The Balaban J connectivity index is 2.22. The molecule has 2 nitrogen and oxygen atoms in total. The number of aryl methyl sites for hydroxylation is 2. The van der Waals surface area contributed by atoms with E-state index in [-0.39, 0.29) is 0 Å². The molecule has 0 spiro atoms. The number of nitrogens with two attached hydrogens (primary N) is 1. The van der Waals surface area contributed by atoms with E-state index in [1.54, 1.807) is 0 Å². The summed E-state index contributed by atoms with van der Waals surface area (Å²) < 4.78 is 0. The molecule has 0 bridgehead atoms. The predicted molar refractivity (Wildman–Crippen MR) is 81.8 cm³/mol. The summed E-state index contributed by atoms with van der Waals surface area (Å²) in [6.45, 7) is 13.8. The van der Waals surface area contributed by atoms with Gasteiger partial charge in [-0.1, -0.05) is 45.9 Å². The Morgan fingerprint density at radius 3 is 1.95 bits per heavy atom. The molecule has 0 aromatic heterocycles. The zero-order valence-electron chi connectivity index (χ0n) is 13.2. The van der Waals surface area contributed by atoms with Crippen molar-refractivity contribution in [2.75, 3.05) is 0 Å². The van der Waals surface area contributed by atoms with E-state index in [2.05, 4.69) is 65.2 Å². The highest BCUT2D eigenvalue weighted by Crippen LogP contribution is 2.69. The van der Waals surface area contributed by atoms with Gasteiger partial charge in [0.25, 0.3) is 0 Å². The van der Waals surface area contributed by atoms with Gasteiger partial charge in [-0.15, -0.1) is 0 Å². The SMILES string of the molecule is Cc1cccc(C)c1CC(NN)C1C(C)(C)C1(C)C. The second kappa shape index (κ2) is 4.60. The molecule has 0 radical (unpaired) electrons. The van der Waals surface area contributed by atoms with E-state index in [1.807, 2.05) is 0 Å². The predicted octanol–water partition coefficient (Wildman–Crippen LogP) is 3.36. The summed E-state index contributed by atoms with van der Waals surface area (Å²) in [5.41, 5.74) is 7.99. The molecule has 0 heterocycles. The molecule has 0 saturated heterocycles. The highest BCUT2D eigenvalue weighted by molar-refractivity contribution is 5.35. The van der Waals surface area contributed by atoms with Gasteiger partial charge in [-0.2, -0.15) is 0 Å². The average molecular weight is 260 g/mol. The quantitative estimate of drug-likeness (QED) is 0.643. The summed E-state index contributed by atoms with van der Waals surface area (Å²) >= 11 is 0. The molecule has 1 aromatic rings. The summed E-state index contributed by atoms with van der Waals surface area (Å²) in [6, 6.07) is 6.87. The third-order valence-electron chi connectivity index (χ3n) is 5.82.